The molecule has 0 saturated carbocycles. The number of anilines is 1. The van der Waals surface area contributed by atoms with Crippen molar-refractivity contribution >= 4 is 29.1 Å². The fourth-order valence-electron chi connectivity index (χ4n) is 3.07. The number of ketones is 2. The van der Waals surface area contributed by atoms with Crippen LogP contribution in [0.3, 0.4) is 0 Å². The Morgan fingerprint density at radius 2 is 1.33 bits per heavy atom. The quantitative estimate of drug-likeness (QED) is 0.180. The molecular weight excluding hydrogens is 468 g/mol. The Morgan fingerprint density at radius 1 is 0.750 bits per heavy atom. The summed E-state index contributed by atoms with van der Waals surface area (Å²) in [5, 5.41) is 5.56. The summed E-state index contributed by atoms with van der Waals surface area (Å²) in [6, 6.07) is 7.24. The normalized spacial score (nSPS) is 10.7. The topological polar surface area (TPSA) is 129 Å². The Kier molecular flexibility index (Phi) is 17.9. The van der Waals surface area contributed by atoms with E-state index in [9.17, 15) is 19.2 Å². The van der Waals surface area contributed by atoms with E-state index in [2.05, 4.69) is 10.6 Å². The number of hydrogen-bond donors (Lipinski definition) is 2. The van der Waals surface area contributed by atoms with Crippen LogP contribution in [0, 0.1) is 0 Å². The lowest BCUT2D eigenvalue weighted by Gasteiger charge is -2.08. The zero-order valence-corrected chi connectivity index (χ0v) is 21.5. The van der Waals surface area contributed by atoms with Crippen LogP contribution in [-0.4, -0.2) is 83.3 Å². The standard InChI is InChI=1S/C26H40N2O8/c1-21(29)20-24(30)11-8-22-6-9-23(10-7-22)28-26(32)5-3-4-25(31)27-12-13-34-16-17-36-19-18-35-15-14-33-2/h6-7,9-10H,3-5,8,11-20H2,1-2H3,(H,27,31)(H,28,32). The molecule has 0 fully saturated rings. The highest BCUT2D eigenvalue weighted by Gasteiger charge is 2.08. The monoisotopic (exact) mass is 508 g/mol. The molecule has 1 aromatic rings. The Labute approximate surface area is 213 Å². The van der Waals surface area contributed by atoms with Gasteiger partial charge in [-0.2, -0.15) is 0 Å². The Balaban J connectivity index is 2.02. The van der Waals surface area contributed by atoms with Crippen molar-refractivity contribution in [2.75, 3.05) is 65.2 Å². The van der Waals surface area contributed by atoms with Crippen molar-refractivity contribution in [3.05, 3.63) is 29.8 Å². The van der Waals surface area contributed by atoms with E-state index in [1.165, 1.54) is 6.92 Å². The average Bonchev–Trinajstić information content (AvgIpc) is 2.84. The zero-order valence-electron chi connectivity index (χ0n) is 21.5. The summed E-state index contributed by atoms with van der Waals surface area (Å²) >= 11 is 0. The highest BCUT2D eigenvalue weighted by Crippen LogP contribution is 2.12. The number of aryl methyl sites for hydroxylation is 1. The molecule has 1 rings (SSSR count). The van der Waals surface area contributed by atoms with Gasteiger partial charge in [0.15, 0.2) is 0 Å². The Bertz CT molecular complexity index is 783. The van der Waals surface area contributed by atoms with Gasteiger partial charge in [0.05, 0.1) is 52.7 Å². The van der Waals surface area contributed by atoms with Crippen molar-refractivity contribution in [3.8, 4) is 0 Å². The highest BCUT2D eigenvalue weighted by atomic mass is 16.6. The molecular formula is C26H40N2O8. The first-order valence-corrected chi connectivity index (χ1v) is 12.3. The van der Waals surface area contributed by atoms with E-state index in [0.717, 1.165) is 5.56 Å². The van der Waals surface area contributed by atoms with Crippen molar-refractivity contribution in [2.45, 2.75) is 45.4 Å². The van der Waals surface area contributed by atoms with Gasteiger partial charge in [-0.1, -0.05) is 12.1 Å². The number of hydrogen-bond acceptors (Lipinski definition) is 8. The van der Waals surface area contributed by atoms with Gasteiger partial charge < -0.3 is 29.6 Å². The number of ether oxygens (including phenoxy) is 4. The van der Waals surface area contributed by atoms with Crippen LogP contribution in [0.2, 0.25) is 0 Å². The van der Waals surface area contributed by atoms with Gasteiger partial charge in [0.1, 0.15) is 11.6 Å². The minimum absolute atomic E-state index is 0.0253. The van der Waals surface area contributed by atoms with Crippen LogP contribution in [0.1, 0.15) is 44.6 Å². The summed E-state index contributed by atoms with van der Waals surface area (Å²) in [4.78, 5) is 46.6. The van der Waals surface area contributed by atoms with Crippen LogP contribution in [0.15, 0.2) is 24.3 Å². The lowest BCUT2D eigenvalue weighted by Crippen LogP contribution is -2.27. The van der Waals surface area contributed by atoms with E-state index >= 15 is 0 Å². The van der Waals surface area contributed by atoms with Crippen molar-refractivity contribution in [1.82, 2.24) is 5.32 Å². The van der Waals surface area contributed by atoms with Gasteiger partial charge in [-0.25, -0.2) is 0 Å². The summed E-state index contributed by atoms with van der Waals surface area (Å²) < 4.78 is 20.9. The van der Waals surface area contributed by atoms with E-state index in [4.69, 9.17) is 18.9 Å². The number of Topliss-reactive ketones (excluding diaryl/α,β-unsaturated/α-hetero) is 2. The van der Waals surface area contributed by atoms with Gasteiger partial charge in [-0.05, 0) is 37.5 Å². The molecule has 10 nitrogen and oxygen atoms in total. The maximum Gasteiger partial charge on any atom is 0.224 e. The number of methoxy groups -OCH3 is 1. The maximum atomic E-state index is 12.1. The second-order valence-corrected chi connectivity index (χ2v) is 8.20. The molecule has 0 aliphatic heterocycles. The molecule has 2 N–H and O–H groups in total. The summed E-state index contributed by atoms with van der Waals surface area (Å²) in [7, 11) is 1.62. The minimum Gasteiger partial charge on any atom is -0.382 e. The molecule has 202 valence electrons. The van der Waals surface area contributed by atoms with Gasteiger partial charge in [-0.15, -0.1) is 0 Å². The second-order valence-electron chi connectivity index (χ2n) is 8.20. The predicted octanol–water partition coefficient (Wildman–Crippen LogP) is 2.09. The Morgan fingerprint density at radius 3 is 1.94 bits per heavy atom. The molecule has 0 atom stereocenters. The molecule has 36 heavy (non-hydrogen) atoms. The van der Waals surface area contributed by atoms with Crippen LogP contribution >= 0.6 is 0 Å². The van der Waals surface area contributed by atoms with Gasteiger partial charge in [0.25, 0.3) is 0 Å². The van der Waals surface area contributed by atoms with E-state index in [0.29, 0.717) is 77.7 Å². The van der Waals surface area contributed by atoms with Crippen LogP contribution < -0.4 is 10.6 Å². The van der Waals surface area contributed by atoms with E-state index in [1.807, 2.05) is 12.1 Å². The third kappa shape index (κ3) is 17.7. The maximum absolute atomic E-state index is 12.1. The van der Waals surface area contributed by atoms with Crippen LogP contribution in [0.5, 0.6) is 0 Å². The third-order valence-corrected chi connectivity index (χ3v) is 4.93. The summed E-state index contributed by atoms with van der Waals surface area (Å²) in [5.74, 6) is -0.491. The number of amides is 2. The largest absolute Gasteiger partial charge is 0.382 e. The molecule has 0 aromatic heterocycles. The lowest BCUT2D eigenvalue weighted by molar-refractivity contribution is -0.126. The Hall–Kier alpha value is -2.66. The molecule has 0 aliphatic carbocycles. The van der Waals surface area contributed by atoms with Gasteiger partial charge in [0, 0.05) is 38.6 Å². The molecule has 0 saturated heterocycles. The number of benzene rings is 1. The number of carbonyl (C=O) groups is 4. The number of nitrogens with one attached hydrogen (secondary N) is 2. The molecule has 0 unspecified atom stereocenters. The molecule has 10 heteroatoms. The first-order chi connectivity index (χ1) is 17.4. The van der Waals surface area contributed by atoms with Crippen LogP contribution in [0.25, 0.3) is 0 Å². The summed E-state index contributed by atoms with van der Waals surface area (Å²) in [6.45, 7) is 5.21. The van der Waals surface area contributed by atoms with Crippen molar-refractivity contribution in [1.29, 1.82) is 0 Å². The van der Waals surface area contributed by atoms with E-state index < -0.39 is 0 Å². The predicted molar refractivity (Wildman–Crippen MR) is 135 cm³/mol. The SMILES string of the molecule is COCCOCCOCCOCCNC(=O)CCCC(=O)Nc1ccc(CCC(=O)CC(C)=O)cc1. The third-order valence-electron chi connectivity index (χ3n) is 4.93. The lowest BCUT2D eigenvalue weighted by atomic mass is 10.0. The molecule has 0 heterocycles. The van der Waals surface area contributed by atoms with Crippen molar-refractivity contribution in [3.63, 3.8) is 0 Å². The molecule has 0 aliphatic rings. The van der Waals surface area contributed by atoms with E-state index in [1.54, 1.807) is 19.2 Å². The smallest absolute Gasteiger partial charge is 0.224 e. The van der Waals surface area contributed by atoms with Crippen molar-refractivity contribution in [2.24, 2.45) is 0 Å². The first kappa shape index (κ1) is 31.4. The van der Waals surface area contributed by atoms with Gasteiger partial charge in [-0.3, -0.25) is 19.2 Å². The van der Waals surface area contributed by atoms with Crippen LogP contribution in [0.4, 0.5) is 5.69 Å². The van der Waals surface area contributed by atoms with Gasteiger partial charge >= 0.3 is 0 Å². The fraction of sp³-hybridized carbons (Fsp3) is 0.615. The minimum atomic E-state index is -0.167. The summed E-state index contributed by atoms with van der Waals surface area (Å²) in [5.41, 5.74) is 1.62. The number of carbonyl (C=O) groups excluding carboxylic acids is 4. The first-order valence-electron chi connectivity index (χ1n) is 12.3. The van der Waals surface area contributed by atoms with Crippen molar-refractivity contribution < 1.29 is 38.1 Å². The molecule has 0 spiro atoms. The number of rotatable bonds is 22. The van der Waals surface area contributed by atoms with E-state index in [-0.39, 0.29) is 42.6 Å². The second kappa shape index (κ2) is 20.5. The highest BCUT2D eigenvalue weighted by molar-refractivity contribution is 5.98. The van der Waals surface area contributed by atoms with Crippen LogP contribution in [-0.2, 0) is 44.5 Å². The van der Waals surface area contributed by atoms with Gasteiger partial charge in [0.2, 0.25) is 11.8 Å². The fourth-order valence-corrected chi connectivity index (χ4v) is 3.07. The zero-order chi connectivity index (χ0) is 26.4. The molecule has 2 amide bonds. The molecule has 1 aromatic carbocycles. The summed E-state index contributed by atoms with van der Waals surface area (Å²) in [6.07, 6.45) is 1.78. The average molecular weight is 509 g/mol. The molecule has 0 bridgehead atoms. The molecule has 0 radical (unpaired) electrons.